The van der Waals surface area contributed by atoms with Crippen LogP contribution in [0.25, 0.3) is 0 Å². The van der Waals surface area contributed by atoms with Crippen molar-refractivity contribution in [3.8, 4) is 0 Å². The topological polar surface area (TPSA) is 73.0 Å². The van der Waals surface area contributed by atoms with E-state index >= 15 is 0 Å². The van der Waals surface area contributed by atoms with Gasteiger partial charge in [-0.1, -0.05) is 12.1 Å². The highest BCUT2D eigenvalue weighted by atomic mass is 79.9. The Bertz CT molecular complexity index is 561. The summed E-state index contributed by atoms with van der Waals surface area (Å²) >= 11 is 3.36. The number of nitrogens with one attached hydrogen (secondary N) is 1. The number of anilines is 1. The highest BCUT2D eigenvalue weighted by molar-refractivity contribution is 9.10. The molecule has 2 aromatic rings. The smallest absolute Gasteiger partial charge is 0.328 e. The van der Waals surface area contributed by atoms with Crippen molar-refractivity contribution in [1.29, 1.82) is 0 Å². The average molecular weight is 313 g/mol. The molecule has 6 nitrogen and oxygen atoms in total. The Kier molecular flexibility index (Phi) is 3.81. The Morgan fingerprint density at radius 1 is 1.61 bits per heavy atom. The van der Waals surface area contributed by atoms with E-state index in [9.17, 15) is 4.79 Å². The van der Waals surface area contributed by atoms with E-state index in [-0.39, 0.29) is 11.9 Å². The molecule has 0 radical (unpaired) electrons. The van der Waals surface area contributed by atoms with Crippen LogP contribution in [-0.4, -0.2) is 20.6 Å². The van der Waals surface area contributed by atoms with Crippen molar-refractivity contribution >= 4 is 27.9 Å². The predicted molar refractivity (Wildman–Crippen MR) is 69.4 cm³/mol. The van der Waals surface area contributed by atoms with Crippen LogP contribution in [0.3, 0.4) is 0 Å². The van der Waals surface area contributed by atoms with Gasteiger partial charge in [-0.25, -0.2) is 0 Å². The lowest BCUT2D eigenvalue weighted by molar-refractivity contribution is 0.101. The minimum Gasteiger partial charge on any atom is -0.342 e. The van der Waals surface area contributed by atoms with Gasteiger partial charge in [-0.15, -0.1) is 0 Å². The zero-order valence-electron chi connectivity index (χ0n) is 10.1. The number of aromatic nitrogens is 3. The summed E-state index contributed by atoms with van der Waals surface area (Å²) < 4.78 is 7.59. The van der Waals surface area contributed by atoms with Crippen molar-refractivity contribution in [1.82, 2.24) is 14.7 Å². The van der Waals surface area contributed by atoms with Gasteiger partial charge in [0.2, 0.25) is 0 Å². The van der Waals surface area contributed by atoms with Crippen molar-refractivity contribution in [3.63, 3.8) is 0 Å². The van der Waals surface area contributed by atoms with Crippen LogP contribution in [0.15, 0.2) is 21.3 Å². The Hall–Kier alpha value is -1.63. The van der Waals surface area contributed by atoms with Crippen LogP contribution in [0.5, 0.6) is 0 Å². The van der Waals surface area contributed by atoms with Crippen LogP contribution in [0, 0.1) is 6.92 Å². The molecule has 0 aliphatic rings. The van der Waals surface area contributed by atoms with Crippen molar-refractivity contribution in [2.24, 2.45) is 0 Å². The van der Waals surface area contributed by atoms with E-state index in [1.54, 1.807) is 13.0 Å². The Labute approximate surface area is 112 Å². The van der Waals surface area contributed by atoms with Gasteiger partial charge in [0.15, 0.2) is 5.82 Å². The van der Waals surface area contributed by atoms with Crippen LogP contribution in [0.1, 0.15) is 29.7 Å². The molecule has 0 spiro atoms. The molecule has 2 aromatic heterocycles. The summed E-state index contributed by atoms with van der Waals surface area (Å²) in [4.78, 5) is 16.0. The summed E-state index contributed by atoms with van der Waals surface area (Å²) in [7, 11) is 0. The maximum atomic E-state index is 12.1. The van der Waals surface area contributed by atoms with E-state index in [2.05, 4.69) is 38.3 Å². The summed E-state index contributed by atoms with van der Waals surface area (Å²) in [6.07, 6.45) is 2.82. The molecule has 0 aliphatic heterocycles. The van der Waals surface area contributed by atoms with Crippen molar-refractivity contribution in [3.05, 3.63) is 28.3 Å². The Morgan fingerprint density at radius 3 is 3.00 bits per heavy atom. The second-order valence-electron chi connectivity index (χ2n) is 3.84. The second kappa shape index (κ2) is 5.34. The molecule has 0 aromatic carbocycles. The van der Waals surface area contributed by atoms with Crippen LogP contribution >= 0.6 is 15.9 Å². The van der Waals surface area contributed by atoms with Crippen LogP contribution in [0.2, 0.25) is 0 Å². The fourth-order valence-electron chi connectivity index (χ4n) is 1.60. The number of carbonyl (C=O) groups excluding carboxylic acids is 1. The van der Waals surface area contributed by atoms with Crippen LogP contribution in [0.4, 0.5) is 6.01 Å². The van der Waals surface area contributed by atoms with Gasteiger partial charge in [-0.05, 0) is 35.3 Å². The molecular weight excluding hydrogens is 300 g/mol. The number of hydrogen-bond acceptors (Lipinski definition) is 4. The number of carbonyl (C=O) groups is 1. The molecule has 0 fully saturated rings. The largest absolute Gasteiger partial charge is 0.342 e. The highest BCUT2D eigenvalue weighted by Crippen LogP contribution is 2.16. The molecule has 0 atom stereocenters. The molecule has 2 heterocycles. The summed E-state index contributed by atoms with van der Waals surface area (Å²) in [5, 5.41) is 6.18. The zero-order chi connectivity index (χ0) is 13.1. The quantitative estimate of drug-likeness (QED) is 0.941. The second-order valence-corrected chi connectivity index (χ2v) is 4.75. The average Bonchev–Trinajstić information content (AvgIpc) is 2.86. The lowest BCUT2D eigenvalue weighted by atomic mass is 10.4. The third-order valence-corrected chi connectivity index (χ3v) is 2.74. The molecule has 1 amide bonds. The minimum absolute atomic E-state index is 0.109. The van der Waals surface area contributed by atoms with Gasteiger partial charge in [0, 0.05) is 17.2 Å². The van der Waals surface area contributed by atoms with Crippen molar-refractivity contribution in [2.45, 2.75) is 26.8 Å². The van der Waals surface area contributed by atoms with Gasteiger partial charge in [0.05, 0.1) is 0 Å². The van der Waals surface area contributed by atoms with E-state index < -0.39 is 0 Å². The van der Waals surface area contributed by atoms with Crippen molar-refractivity contribution < 1.29 is 9.32 Å². The van der Waals surface area contributed by atoms with E-state index in [1.165, 1.54) is 0 Å². The maximum absolute atomic E-state index is 12.1. The van der Waals surface area contributed by atoms with E-state index in [4.69, 9.17) is 4.52 Å². The highest BCUT2D eigenvalue weighted by Gasteiger charge is 2.15. The first-order valence-electron chi connectivity index (χ1n) is 5.57. The summed E-state index contributed by atoms with van der Waals surface area (Å²) in [5.74, 6) is 0.216. The number of aryl methyl sites for hydroxylation is 2. The lowest BCUT2D eigenvalue weighted by Crippen LogP contribution is -2.17. The fraction of sp³-hybridized carbons (Fsp3) is 0.364. The van der Waals surface area contributed by atoms with Gasteiger partial charge < -0.3 is 9.09 Å². The molecule has 2 rings (SSSR count). The lowest BCUT2D eigenvalue weighted by Gasteiger charge is -2.05. The zero-order valence-corrected chi connectivity index (χ0v) is 11.7. The number of hydrogen-bond donors (Lipinski definition) is 1. The first-order valence-corrected chi connectivity index (χ1v) is 6.36. The van der Waals surface area contributed by atoms with E-state index in [0.717, 1.165) is 17.4 Å². The van der Waals surface area contributed by atoms with Crippen LogP contribution < -0.4 is 5.32 Å². The molecule has 0 saturated heterocycles. The SMILES string of the molecule is CCCn1cc(Br)cc1C(=O)Nc1nc(C)no1. The number of nitrogens with zero attached hydrogens (tertiary/aromatic N) is 3. The molecule has 0 aliphatic carbocycles. The fourth-order valence-corrected chi connectivity index (χ4v) is 2.06. The third kappa shape index (κ3) is 2.79. The van der Waals surface area contributed by atoms with Gasteiger partial charge in [0.1, 0.15) is 5.69 Å². The number of halogens is 1. The molecule has 0 bridgehead atoms. The Morgan fingerprint density at radius 2 is 2.39 bits per heavy atom. The summed E-state index contributed by atoms with van der Waals surface area (Å²) in [6, 6.07) is 1.87. The molecule has 0 unspecified atom stereocenters. The van der Waals surface area contributed by atoms with Gasteiger partial charge in [-0.3, -0.25) is 10.1 Å². The van der Waals surface area contributed by atoms with E-state index in [0.29, 0.717) is 11.5 Å². The molecule has 0 saturated carbocycles. The van der Waals surface area contributed by atoms with Crippen molar-refractivity contribution in [2.75, 3.05) is 5.32 Å². The number of rotatable bonds is 4. The molecule has 7 heteroatoms. The Balaban J connectivity index is 2.17. The third-order valence-electron chi connectivity index (χ3n) is 2.31. The standard InChI is InChI=1S/C11H13BrN4O2/c1-3-4-16-6-8(12)5-9(16)10(17)14-11-13-7(2)15-18-11/h5-6H,3-4H2,1-2H3,(H,13,14,15,17). The predicted octanol–water partition coefficient (Wildman–Crippen LogP) is 2.60. The summed E-state index contributed by atoms with van der Waals surface area (Å²) in [5.41, 5.74) is 0.555. The summed E-state index contributed by atoms with van der Waals surface area (Å²) in [6.45, 7) is 4.52. The monoisotopic (exact) mass is 312 g/mol. The van der Waals surface area contributed by atoms with Gasteiger partial charge in [-0.2, -0.15) is 4.98 Å². The molecular formula is C11H13BrN4O2. The minimum atomic E-state index is -0.266. The number of amides is 1. The van der Waals surface area contributed by atoms with Crippen LogP contribution in [-0.2, 0) is 6.54 Å². The molecule has 96 valence electrons. The molecule has 1 N–H and O–H groups in total. The maximum Gasteiger partial charge on any atom is 0.328 e. The normalized spacial score (nSPS) is 10.6. The van der Waals surface area contributed by atoms with Gasteiger partial charge >= 0.3 is 6.01 Å². The van der Waals surface area contributed by atoms with Gasteiger partial charge in [0.25, 0.3) is 5.91 Å². The first-order chi connectivity index (χ1) is 8.60. The van der Waals surface area contributed by atoms with E-state index in [1.807, 2.05) is 10.8 Å². The first kappa shape index (κ1) is 12.8. The molecule has 18 heavy (non-hydrogen) atoms.